The van der Waals surface area contributed by atoms with Gasteiger partial charge in [-0.15, -0.1) is 0 Å². The summed E-state index contributed by atoms with van der Waals surface area (Å²) in [5.41, 5.74) is 3.70. The minimum atomic E-state index is 0.522. The maximum absolute atomic E-state index is 9.35. The Bertz CT molecular complexity index is 761. The number of rotatable bonds is 4. The quantitative estimate of drug-likeness (QED) is 0.861. The lowest BCUT2D eigenvalue weighted by atomic mass is 10.1. The summed E-state index contributed by atoms with van der Waals surface area (Å²) in [6.45, 7) is 2.31. The smallest absolute Gasteiger partial charge is 0.167 e. The Hall–Kier alpha value is -2.52. The van der Waals surface area contributed by atoms with Crippen LogP contribution in [-0.2, 0) is 19.5 Å². The summed E-state index contributed by atoms with van der Waals surface area (Å²) in [5, 5.41) is 13.9. The fourth-order valence-corrected chi connectivity index (χ4v) is 3.09. The Morgan fingerprint density at radius 1 is 1.30 bits per heavy atom. The molecule has 0 saturated carbocycles. The minimum absolute atomic E-state index is 0.522. The van der Waals surface area contributed by atoms with Crippen LogP contribution in [0.3, 0.4) is 0 Å². The van der Waals surface area contributed by atoms with E-state index in [0.29, 0.717) is 23.7 Å². The third-order valence-electron chi connectivity index (χ3n) is 4.24. The normalized spacial score (nSPS) is 14.2. The van der Waals surface area contributed by atoms with Gasteiger partial charge in [-0.05, 0) is 13.1 Å². The molecule has 6 nitrogen and oxygen atoms in total. The van der Waals surface area contributed by atoms with Crippen molar-refractivity contribution >= 4 is 0 Å². The molecule has 3 rings (SSSR count). The van der Waals surface area contributed by atoms with Gasteiger partial charge in [-0.3, -0.25) is 4.68 Å². The topological polar surface area (TPSA) is 63.3 Å². The molecule has 0 atom stereocenters. The van der Waals surface area contributed by atoms with Gasteiger partial charge < -0.3 is 14.4 Å². The zero-order chi connectivity index (χ0) is 16.4. The number of para-hydroxylation sites is 1. The number of ether oxygens (including phenoxy) is 2. The van der Waals surface area contributed by atoms with Crippen LogP contribution in [0, 0.1) is 11.3 Å². The molecule has 6 heteroatoms. The van der Waals surface area contributed by atoms with Crippen molar-refractivity contribution in [2.45, 2.75) is 19.5 Å². The molecule has 0 bridgehead atoms. The number of hydrogen-bond donors (Lipinski definition) is 0. The summed E-state index contributed by atoms with van der Waals surface area (Å²) < 4.78 is 12.8. The maximum Gasteiger partial charge on any atom is 0.167 e. The lowest BCUT2D eigenvalue weighted by molar-refractivity contribution is 0.307. The Labute approximate surface area is 135 Å². The van der Waals surface area contributed by atoms with Gasteiger partial charge in [0.2, 0.25) is 0 Å². The van der Waals surface area contributed by atoms with Gasteiger partial charge in [0.25, 0.3) is 0 Å². The van der Waals surface area contributed by atoms with Gasteiger partial charge in [-0.1, -0.05) is 12.1 Å². The second-order valence-corrected chi connectivity index (χ2v) is 5.68. The Morgan fingerprint density at radius 3 is 2.83 bits per heavy atom. The average molecular weight is 312 g/mol. The molecule has 23 heavy (non-hydrogen) atoms. The van der Waals surface area contributed by atoms with Crippen LogP contribution in [-0.4, -0.2) is 42.5 Å². The molecule has 0 spiro atoms. The van der Waals surface area contributed by atoms with Crippen LogP contribution in [0.2, 0.25) is 0 Å². The molecule has 1 aliphatic heterocycles. The van der Waals surface area contributed by atoms with Gasteiger partial charge in [0.05, 0.1) is 20.8 Å². The second kappa shape index (κ2) is 6.31. The SMILES string of the molecule is COc1cccc(Cn2nc(C#N)c3c2CCN(C)C3)c1OC. The number of nitrogens with zero attached hydrogens (tertiary/aromatic N) is 4. The molecule has 1 aromatic carbocycles. The van der Waals surface area contributed by atoms with Crippen LogP contribution in [0.15, 0.2) is 18.2 Å². The monoisotopic (exact) mass is 312 g/mol. The lowest BCUT2D eigenvalue weighted by Crippen LogP contribution is -2.27. The number of fused-ring (bicyclic) bond motifs is 1. The van der Waals surface area contributed by atoms with Gasteiger partial charge in [0, 0.05) is 36.3 Å². The van der Waals surface area contributed by atoms with E-state index in [4.69, 9.17) is 9.47 Å². The number of hydrogen-bond acceptors (Lipinski definition) is 5. The van der Waals surface area contributed by atoms with E-state index >= 15 is 0 Å². The Kier molecular flexibility index (Phi) is 4.22. The summed E-state index contributed by atoms with van der Waals surface area (Å²) in [4.78, 5) is 2.21. The Morgan fingerprint density at radius 2 is 2.13 bits per heavy atom. The van der Waals surface area contributed by atoms with Crippen LogP contribution in [0.5, 0.6) is 11.5 Å². The van der Waals surface area contributed by atoms with Gasteiger partial charge in [-0.2, -0.15) is 10.4 Å². The predicted molar refractivity (Wildman–Crippen MR) is 85.6 cm³/mol. The van der Waals surface area contributed by atoms with E-state index in [1.54, 1.807) is 14.2 Å². The third kappa shape index (κ3) is 2.76. The van der Waals surface area contributed by atoms with Crippen molar-refractivity contribution in [2.75, 3.05) is 27.8 Å². The number of benzene rings is 1. The number of nitriles is 1. The van der Waals surface area contributed by atoms with Gasteiger partial charge in [0.1, 0.15) is 6.07 Å². The summed E-state index contributed by atoms with van der Waals surface area (Å²) in [6.07, 6.45) is 0.896. The van der Waals surface area contributed by atoms with Crippen molar-refractivity contribution in [3.05, 3.63) is 40.7 Å². The summed E-state index contributed by atoms with van der Waals surface area (Å²) in [6, 6.07) is 8.02. The summed E-state index contributed by atoms with van der Waals surface area (Å²) in [5.74, 6) is 1.41. The highest BCUT2D eigenvalue weighted by Crippen LogP contribution is 2.32. The molecule has 0 fully saturated rings. The van der Waals surface area contributed by atoms with Gasteiger partial charge in [-0.25, -0.2) is 0 Å². The first-order valence-electron chi connectivity index (χ1n) is 7.55. The highest BCUT2D eigenvalue weighted by atomic mass is 16.5. The fraction of sp³-hybridized carbons (Fsp3) is 0.412. The van der Waals surface area contributed by atoms with Crippen molar-refractivity contribution in [3.63, 3.8) is 0 Å². The second-order valence-electron chi connectivity index (χ2n) is 5.68. The highest BCUT2D eigenvalue weighted by Gasteiger charge is 2.24. The van der Waals surface area contributed by atoms with E-state index in [1.807, 2.05) is 22.9 Å². The maximum atomic E-state index is 9.35. The van der Waals surface area contributed by atoms with Gasteiger partial charge >= 0.3 is 0 Å². The van der Waals surface area contributed by atoms with E-state index in [2.05, 4.69) is 23.1 Å². The first-order valence-corrected chi connectivity index (χ1v) is 7.55. The van der Waals surface area contributed by atoms with E-state index in [0.717, 1.165) is 36.3 Å². The lowest BCUT2D eigenvalue weighted by Gasteiger charge is -2.23. The molecule has 0 unspecified atom stereocenters. The number of likely N-dealkylation sites (N-methyl/N-ethyl adjacent to an activating group) is 1. The number of aromatic nitrogens is 2. The van der Waals surface area contributed by atoms with Crippen LogP contribution in [0.1, 0.15) is 22.5 Å². The molecule has 2 heterocycles. The van der Waals surface area contributed by atoms with Gasteiger partial charge in [0.15, 0.2) is 17.2 Å². The van der Waals surface area contributed by atoms with E-state index < -0.39 is 0 Å². The molecule has 0 radical (unpaired) electrons. The Balaban J connectivity index is 2.00. The predicted octanol–water partition coefficient (Wildman–Crippen LogP) is 1.81. The summed E-state index contributed by atoms with van der Waals surface area (Å²) in [7, 11) is 5.32. The minimum Gasteiger partial charge on any atom is -0.493 e. The molecule has 0 amide bonds. The largest absolute Gasteiger partial charge is 0.493 e. The molecule has 1 aromatic heterocycles. The van der Waals surface area contributed by atoms with Crippen LogP contribution in [0.4, 0.5) is 0 Å². The van der Waals surface area contributed by atoms with Crippen LogP contribution in [0.25, 0.3) is 0 Å². The summed E-state index contributed by atoms with van der Waals surface area (Å²) >= 11 is 0. The van der Waals surface area contributed by atoms with E-state index in [9.17, 15) is 5.26 Å². The molecule has 0 N–H and O–H groups in total. The first-order chi connectivity index (χ1) is 11.2. The zero-order valence-corrected chi connectivity index (χ0v) is 13.7. The van der Waals surface area contributed by atoms with Crippen molar-refractivity contribution in [1.29, 1.82) is 5.26 Å². The molecule has 0 aliphatic carbocycles. The highest BCUT2D eigenvalue weighted by molar-refractivity contribution is 5.47. The van der Waals surface area contributed by atoms with Crippen molar-refractivity contribution in [3.8, 4) is 17.6 Å². The van der Waals surface area contributed by atoms with Crippen LogP contribution < -0.4 is 9.47 Å². The van der Waals surface area contributed by atoms with Crippen molar-refractivity contribution < 1.29 is 9.47 Å². The molecule has 1 aliphatic rings. The third-order valence-corrected chi connectivity index (χ3v) is 4.24. The molecule has 120 valence electrons. The van der Waals surface area contributed by atoms with Crippen molar-refractivity contribution in [1.82, 2.24) is 14.7 Å². The fourth-order valence-electron chi connectivity index (χ4n) is 3.09. The molecular weight excluding hydrogens is 292 g/mol. The zero-order valence-electron chi connectivity index (χ0n) is 13.7. The average Bonchev–Trinajstić information content (AvgIpc) is 2.91. The van der Waals surface area contributed by atoms with Crippen molar-refractivity contribution in [2.24, 2.45) is 0 Å². The number of methoxy groups -OCH3 is 2. The first kappa shape index (κ1) is 15.4. The molecular formula is C17H20N4O2. The van der Waals surface area contributed by atoms with E-state index in [1.165, 1.54) is 0 Å². The molecule has 2 aromatic rings. The van der Waals surface area contributed by atoms with E-state index in [-0.39, 0.29) is 0 Å². The molecule has 0 saturated heterocycles. The van der Waals surface area contributed by atoms with Crippen LogP contribution >= 0.6 is 0 Å². The standard InChI is InChI=1S/C17H20N4O2/c1-20-8-7-15-13(11-20)14(9-18)19-21(15)10-12-5-4-6-16(22-2)17(12)23-3/h4-6H,7-8,10-11H2,1-3H3.